The van der Waals surface area contributed by atoms with Gasteiger partial charge in [0.05, 0.1) is 0 Å². The van der Waals surface area contributed by atoms with Gasteiger partial charge in [-0.25, -0.2) is 0 Å². The molecule has 0 aliphatic carbocycles. The second-order valence-corrected chi connectivity index (χ2v) is 4.29. The predicted octanol–water partition coefficient (Wildman–Crippen LogP) is 1.91. The van der Waals surface area contributed by atoms with Crippen LogP contribution in [-0.2, 0) is 5.60 Å². The Balaban J connectivity index is 2.34. The third-order valence-corrected chi connectivity index (χ3v) is 3.27. The van der Waals surface area contributed by atoms with Crippen molar-refractivity contribution in [2.75, 3.05) is 6.54 Å². The lowest BCUT2D eigenvalue weighted by Gasteiger charge is -2.27. The van der Waals surface area contributed by atoms with E-state index in [1.807, 2.05) is 31.2 Å². The van der Waals surface area contributed by atoms with Gasteiger partial charge in [0.15, 0.2) is 0 Å². The van der Waals surface area contributed by atoms with Crippen molar-refractivity contribution in [3.63, 3.8) is 0 Å². The molecular weight excluding hydrogens is 198 g/mol. The highest BCUT2D eigenvalue weighted by Crippen LogP contribution is 2.32. The van der Waals surface area contributed by atoms with Gasteiger partial charge in [-0.2, -0.15) is 0 Å². The molecule has 2 atom stereocenters. The summed E-state index contributed by atoms with van der Waals surface area (Å²) in [7, 11) is 0. The molecule has 0 bridgehead atoms. The third-order valence-electron chi connectivity index (χ3n) is 3.02. The van der Waals surface area contributed by atoms with E-state index in [1.165, 1.54) is 0 Å². The largest absolute Gasteiger partial charge is 0.383 e. The number of hydrogen-bond donors (Lipinski definition) is 2. The minimum Gasteiger partial charge on any atom is -0.383 e. The lowest BCUT2D eigenvalue weighted by atomic mass is 9.88. The molecule has 0 saturated carbocycles. The molecule has 2 nitrogen and oxygen atoms in total. The SMILES string of the molecule is CC1NCCC1(O)c1ccc(Cl)cc1. The summed E-state index contributed by atoms with van der Waals surface area (Å²) in [5, 5.41) is 14.4. The second-order valence-electron chi connectivity index (χ2n) is 3.86. The van der Waals surface area contributed by atoms with E-state index in [0.717, 1.165) is 18.5 Å². The fraction of sp³-hybridized carbons (Fsp3) is 0.455. The van der Waals surface area contributed by atoms with Crippen LogP contribution in [-0.4, -0.2) is 17.7 Å². The molecular formula is C11H14ClNO. The molecule has 1 aromatic rings. The first-order valence-electron chi connectivity index (χ1n) is 4.85. The van der Waals surface area contributed by atoms with E-state index in [2.05, 4.69) is 5.32 Å². The fourth-order valence-corrected chi connectivity index (χ4v) is 2.12. The molecule has 2 rings (SSSR count). The Morgan fingerprint density at radius 1 is 1.43 bits per heavy atom. The topological polar surface area (TPSA) is 32.3 Å². The van der Waals surface area contributed by atoms with Gasteiger partial charge in [0, 0.05) is 11.1 Å². The Morgan fingerprint density at radius 3 is 2.57 bits per heavy atom. The van der Waals surface area contributed by atoms with Crippen LogP contribution in [0.3, 0.4) is 0 Å². The Bertz CT molecular complexity index is 325. The normalized spacial score (nSPS) is 32.1. The van der Waals surface area contributed by atoms with Gasteiger partial charge in [-0.3, -0.25) is 0 Å². The third kappa shape index (κ3) is 1.54. The van der Waals surface area contributed by atoms with Gasteiger partial charge < -0.3 is 10.4 Å². The molecule has 2 N–H and O–H groups in total. The quantitative estimate of drug-likeness (QED) is 0.744. The van der Waals surface area contributed by atoms with Crippen molar-refractivity contribution in [2.45, 2.75) is 25.0 Å². The number of aliphatic hydroxyl groups is 1. The molecule has 3 heteroatoms. The molecule has 1 aliphatic heterocycles. The molecule has 14 heavy (non-hydrogen) atoms. The second kappa shape index (κ2) is 3.54. The van der Waals surface area contributed by atoms with Crippen molar-refractivity contribution in [3.05, 3.63) is 34.9 Å². The zero-order valence-electron chi connectivity index (χ0n) is 8.13. The first-order chi connectivity index (χ1) is 6.63. The van der Waals surface area contributed by atoms with Gasteiger partial charge in [0.1, 0.15) is 5.60 Å². The van der Waals surface area contributed by atoms with Crippen molar-refractivity contribution < 1.29 is 5.11 Å². The van der Waals surface area contributed by atoms with Crippen molar-refractivity contribution in [1.29, 1.82) is 0 Å². The van der Waals surface area contributed by atoms with E-state index in [1.54, 1.807) is 0 Å². The standard InChI is InChI=1S/C11H14ClNO/c1-8-11(14,6-7-13-8)9-2-4-10(12)5-3-9/h2-5,8,13-14H,6-7H2,1H3. The average Bonchev–Trinajstić information content (AvgIpc) is 2.49. The molecule has 76 valence electrons. The number of hydrogen-bond acceptors (Lipinski definition) is 2. The molecule has 1 aromatic carbocycles. The summed E-state index contributed by atoms with van der Waals surface area (Å²) in [6.07, 6.45) is 0.760. The molecule has 1 aliphatic rings. The van der Waals surface area contributed by atoms with Crippen LogP contribution in [0.4, 0.5) is 0 Å². The van der Waals surface area contributed by atoms with Gasteiger partial charge in [-0.1, -0.05) is 23.7 Å². The summed E-state index contributed by atoms with van der Waals surface area (Å²) in [6.45, 7) is 2.86. The lowest BCUT2D eigenvalue weighted by molar-refractivity contribution is 0.0293. The maximum absolute atomic E-state index is 10.4. The minimum atomic E-state index is -0.732. The first-order valence-corrected chi connectivity index (χ1v) is 5.22. The van der Waals surface area contributed by atoms with Crippen molar-refractivity contribution in [2.24, 2.45) is 0 Å². The molecule has 1 saturated heterocycles. The van der Waals surface area contributed by atoms with E-state index in [-0.39, 0.29) is 6.04 Å². The van der Waals surface area contributed by atoms with E-state index in [4.69, 9.17) is 11.6 Å². The zero-order valence-corrected chi connectivity index (χ0v) is 8.88. The highest BCUT2D eigenvalue weighted by atomic mass is 35.5. The summed E-state index contributed by atoms with van der Waals surface area (Å²) in [5.74, 6) is 0. The molecule has 1 fully saturated rings. The molecule has 0 spiro atoms. The smallest absolute Gasteiger partial charge is 0.106 e. The van der Waals surface area contributed by atoms with Crippen LogP contribution < -0.4 is 5.32 Å². The van der Waals surface area contributed by atoms with Crippen LogP contribution in [0.1, 0.15) is 18.9 Å². The zero-order chi connectivity index (χ0) is 10.2. The van der Waals surface area contributed by atoms with Gasteiger partial charge in [-0.05, 0) is 37.6 Å². The minimum absolute atomic E-state index is 0.101. The maximum Gasteiger partial charge on any atom is 0.106 e. The van der Waals surface area contributed by atoms with Gasteiger partial charge >= 0.3 is 0 Å². The van der Waals surface area contributed by atoms with Crippen molar-refractivity contribution in [3.8, 4) is 0 Å². The molecule has 1 heterocycles. The first kappa shape index (κ1) is 9.97. The van der Waals surface area contributed by atoms with Crippen LogP contribution in [0, 0.1) is 0 Å². The molecule has 2 unspecified atom stereocenters. The van der Waals surface area contributed by atoms with E-state index in [9.17, 15) is 5.11 Å². The molecule has 0 amide bonds. The van der Waals surface area contributed by atoms with E-state index >= 15 is 0 Å². The summed E-state index contributed by atoms with van der Waals surface area (Å²) < 4.78 is 0. The lowest BCUT2D eigenvalue weighted by Crippen LogP contribution is -2.37. The highest BCUT2D eigenvalue weighted by Gasteiger charge is 2.39. The summed E-state index contributed by atoms with van der Waals surface area (Å²) >= 11 is 5.80. The average molecular weight is 212 g/mol. The van der Waals surface area contributed by atoms with Gasteiger partial charge in [0.25, 0.3) is 0 Å². The van der Waals surface area contributed by atoms with Crippen molar-refractivity contribution in [1.82, 2.24) is 5.32 Å². The van der Waals surface area contributed by atoms with Crippen LogP contribution in [0.5, 0.6) is 0 Å². The summed E-state index contributed by atoms with van der Waals surface area (Å²) in [4.78, 5) is 0. The Kier molecular flexibility index (Phi) is 2.52. The molecule has 0 aromatic heterocycles. The maximum atomic E-state index is 10.4. The molecule has 0 radical (unpaired) electrons. The van der Waals surface area contributed by atoms with Crippen LogP contribution >= 0.6 is 11.6 Å². The summed E-state index contributed by atoms with van der Waals surface area (Å²) in [6, 6.07) is 7.53. The van der Waals surface area contributed by atoms with Crippen LogP contribution in [0.15, 0.2) is 24.3 Å². The number of nitrogens with one attached hydrogen (secondary N) is 1. The van der Waals surface area contributed by atoms with Crippen LogP contribution in [0.25, 0.3) is 0 Å². The Hall–Kier alpha value is -0.570. The van der Waals surface area contributed by atoms with Crippen molar-refractivity contribution >= 4 is 11.6 Å². The predicted molar refractivity (Wildman–Crippen MR) is 57.4 cm³/mol. The highest BCUT2D eigenvalue weighted by molar-refractivity contribution is 6.30. The van der Waals surface area contributed by atoms with Gasteiger partial charge in [-0.15, -0.1) is 0 Å². The monoisotopic (exact) mass is 211 g/mol. The van der Waals surface area contributed by atoms with E-state index in [0.29, 0.717) is 5.02 Å². The number of benzene rings is 1. The fourth-order valence-electron chi connectivity index (χ4n) is 2.00. The number of halogens is 1. The van der Waals surface area contributed by atoms with E-state index < -0.39 is 5.60 Å². The Labute approximate surface area is 88.9 Å². The number of rotatable bonds is 1. The summed E-state index contributed by atoms with van der Waals surface area (Å²) in [5.41, 5.74) is 0.212. The Morgan fingerprint density at radius 2 is 2.07 bits per heavy atom. The van der Waals surface area contributed by atoms with Crippen LogP contribution in [0.2, 0.25) is 5.02 Å². The van der Waals surface area contributed by atoms with Gasteiger partial charge in [0.2, 0.25) is 0 Å².